The third-order valence-corrected chi connectivity index (χ3v) is 4.17. The molecule has 0 spiro atoms. The lowest BCUT2D eigenvalue weighted by Gasteiger charge is -2.18. The minimum atomic E-state index is -0.457. The van der Waals surface area contributed by atoms with Gasteiger partial charge >= 0.3 is 0 Å². The van der Waals surface area contributed by atoms with Gasteiger partial charge in [0.1, 0.15) is 11.8 Å². The van der Waals surface area contributed by atoms with Gasteiger partial charge in [-0.05, 0) is 36.4 Å². The number of carbonyl (C=O) groups is 2. The van der Waals surface area contributed by atoms with Crippen molar-refractivity contribution in [3.05, 3.63) is 54.1 Å². The molecule has 0 aliphatic carbocycles. The lowest BCUT2D eigenvalue weighted by Crippen LogP contribution is -2.28. The molecule has 25 heavy (non-hydrogen) atoms. The molecule has 0 bridgehead atoms. The number of ether oxygens (including phenoxy) is 1. The van der Waals surface area contributed by atoms with Crippen LogP contribution in [0, 0.1) is 17.2 Å². The van der Waals surface area contributed by atoms with Crippen LogP contribution in [0.25, 0.3) is 0 Å². The average molecular weight is 335 g/mol. The molecule has 0 aromatic heterocycles. The van der Waals surface area contributed by atoms with Gasteiger partial charge in [-0.2, -0.15) is 5.26 Å². The Bertz CT molecular complexity index is 840. The minimum absolute atomic E-state index is 0.127. The number of benzene rings is 2. The number of rotatable bonds is 4. The summed E-state index contributed by atoms with van der Waals surface area (Å²) in [6, 6.07) is 16.0. The van der Waals surface area contributed by atoms with Gasteiger partial charge in [0.15, 0.2) is 0 Å². The second-order valence-electron chi connectivity index (χ2n) is 5.75. The van der Waals surface area contributed by atoms with Crippen molar-refractivity contribution in [1.82, 2.24) is 0 Å². The molecule has 2 amide bonds. The van der Waals surface area contributed by atoms with Crippen LogP contribution in [0.15, 0.2) is 48.5 Å². The van der Waals surface area contributed by atoms with E-state index in [1.807, 2.05) is 0 Å². The van der Waals surface area contributed by atoms with Crippen LogP contribution >= 0.6 is 0 Å². The minimum Gasteiger partial charge on any atom is -0.497 e. The van der Waals surface area contributed by atoms with Crippen LogP contribution in [0.3, 0.4) is 0 Å². The number of nitrogens with zero attached hydrogens (tertiary/aromatic N) is 2. The number of carbonyl (C=O) groups excluding carboxylic acids is 2. The van der Waals surface area contributed by atoms with Gasteiger partial charge in [0.25, 0.3) is 0 Å². The first-order valence-corrected chi connectivity index (χ1v) is 7.87. The third-order valence-electron chi connectivity index (χ3n) is 4.17. The van der Waals surface area contributed by atoms with Gasteiger partial charge in [0, 0.05) is 18.7 Å². The Morgan fingerprint density at radius 3 is 2.64 bits per heavy atom. The first kappa shape index (κ1) is 16.5. The predicted molar refractivity (Wildman–Crippen MR) is 93.2 cm³/mol. The quantitative estimate of drug-likeness (QED) is 0.931. The molecule has 1 N–H and O–H groups in total. The average Bonchev–Trinajstić information content (AvgIpc) is 3.04. The summed E-state index contributed by atoms with van der Waals surface area (Å²) in [6.07, 6.45) is 0.127. The molecule has 2 aromatic carbocycles. The Kier molecular flexibility index (Phi) is 4.66. The van der Waals surface area contributed by atoms with Crippen LogP contribution in [0.4, 0.5) is 11.4 Å². The maximum absolute atomic E-state index is 12.5. The number of amides is 2. The van der Waals surface area contributed by atoms with E-state index in [4.69, 9.17) is 4.74 Å². The van der Waals surface area contributed by atoms with E-state index in [2.05, 4.69) is 11.4 Å². The SMILES string of the molecule is COc1ccc(NC(=O)C2CC(=O)N(c3ccccc3C#N)C2)cc1. The zero-order valence-electron chi connectivity index (χ0n) is 13.7. The van der Waals surface area contributed by atoms with Crippen molar-refractivity contribution in [1.29, 1.82) is 5.26 Å². The Labute approximate surface area is 145 Å². The Hall–Kier alpha value is -3.33. The monoisotopic (exact) mass is 335 g/mol. The maximum Gasteiger partial charge on any atom is 0.229 e. The van der Waals surface area contributed by atoms with Gasteiger partial charge in [-0.3, -0.25) is 9.59 Å². The number of hydrogen-bond donors (Lipinski definition) is 1. The molecule has 1 atom stereocenters. The van der Waals surface area contributed by atoms with Gasteiger partial charge in [-0.15, -0.1) is 0 Å². The van der Waals surface area contributed by atoms with E-state index in [-0.39, 0.29) is 24.8 Å². The van der Waals surface area contributed by atoms with Crippen LogP contribution in [0.1, 0.15) is 12.0 Å². The van der Waals surface area contributed by atoms with Crippen molar-refractivity contribution in [3.8, 4) is 11.8 Å². The van der Waals surface area contributed by atoms with Crippen molar-refractivity contribution in [2.45, 2.75) is 6.42 Å². The van der Waals surface area contributed by atoms with E-state index in [1.54, 1.807) is 55.6 Å². The van der Waals surface area contributed by atoms with Crippen LogP contribution < -0.4 is 15.0 Å². The zero-order chi connectivity index (χ0) is 17.8. The Balaban J connectivity index is 1.71. The van der Waals surface area contributed by atoms with Gasteiger partial charge in [-0.1, -0.05) is 12.1 Å². The summed E-state index contributed by atoms with van der Waals surface area (Å²) >= 11 is 0. The first-order valence-electron chi connectivity index (χ1n) is 7.87. The molecule has 1 saturated heterocycles. The number of para-hydroxylation sites is 1. The number of hydrogen-bond acceptors (Lipinski definition) is 4. The highest BCUT2D eigenvalue weighted by molar-refractivity contribution is 6.04. The fraction of sp³-hybridized carbons (Fsp3) is 0.211. The summed E-state index contributed by atoms with van der Waals surface area (Å²) in [7, 11) is 1.57. The van der Waals surface area contributed by atoms with E-state index in [9.17, 15) is 14.9 Å². The molecule has 126 valence electrons. The topological polar surface area (TPSA) is 82.4 Å². The zero-order valence-corrected chi connectivity index (χ0v) is 13.7. The van der Waals surface area contributed by atoms with Crippen molar-refractivity contribution < 1.29 is 14.3 Å². The van der Waals surface area contributed by atoms with Crippen molar-refractivity contribution in [3.63, 3.8) is 0 Å². The molecule has 6 heteroatoms. The van der Waals surface area contributed by atoms with Crippen molar-refractivity contribution in [2.24, 2.45) is 5.92 Å². The molecule has 0 saturated carbocycles. The summed E-state index contributed by atoms with van der Waals surface area (Å²) in [4.78, 5) is 26.3. The Morgan fingerprint density at radius 2 is 1.96 bits per heavy atom. The highest BCUT2D eigenvalue weighted by Gasteiger charge is 2.36. The lowest BCUT2D eigenvalue weighted by molar-refractivity contribution is -0.122. The molecular formula is C19H17N3O3. The summed E-state index contributed by atoms with van der Waals surface area (Å²) in [5.41, 5.74) is 1.62. The predicted octanol–water partition coefficient (Wildman–Crippen LogP) is 2.56. The third kappa shape index (κ3) is 3.45. The summed E-state index contributed by atoms with van der Waals surface area (Å²) in [5, 5.41) is 12.0. The van der Waals surface area contributed by atoms with Crippen molar-refractivity contribution >= 4 is 23.2 Å². The molecule has 1 aliphatic heterocycles. The van der Waals surface area contributed by atoms with Gasteiger partial charge in [-0.25, -0.2) is 0 Å². The lowest BCUT2D eigenvalue weighted by atomic mass is 10.1. The van der Waals surface area contributed by atoms with Gasteiger partial charge in [0.05, 0.1) is 24.3 Å². The van der Waals surface area contributed by atoms with E-state index in [0.29, 0.717) is 22.7 Å². The van der Waals surface area contributed by atoms with Crippen LogP contribution in [-0.4, -0.2) is 25.5 Å². The van der Waals surface area contributed by atoms with E-state index < -0.39 is 5.92 Å². The fourth-order valence-electron chi connectivity index (χ4n) is 2.84. The van der Waals surface area contributed by atoms with E-state index >= 15 is 0 Å². The van der Waals surface area contributed by atoms with Gasteiger partial charge < -0.3 is 15.0 Å². The fourth-order valence-corrected chi connectivity index (χ4v) is 2.84. The largest absolute Gasteiger partial charge is 0.497 e. The van der Waals surface area contributed by atoms with Gasteiger partial charge in [0.2, 0.25) is 11.8 Å². The Morgan fingerprint density at radius 1 is 1.24 bits per heavy atom. The molecule has 2 aromatic rings. The summed E-state index contributed by atoms with van der Waals surface area (Å²) in [5.74, 6) is -0.122. The molecule has 1 fully saturated rings. The second kappa shape index (κ2) is 7.05. The number of methoxy groups -OCH3 is 1. The van der Waals surface area contributed by atoms with Crippen LogP contribution in [0.5, 0.6) is 5.75 Å². The number of anilines is 2. The first-order chi connectivity index (χ1) is 12.1. The molecule has 1 unspecified atom stereocenters. The normalized spacial score (nSPS) is 16.4. The maximum atomic E-state index is 12.5. The van der Waals surface area contributed by atoms with Crippen molar-refractivity contribution in [2.75, 3.05) is 23.9 Å². The number of nitriles is 1. The molecule has 0 radical (unpaired) electrons. The summed E-state index contributed by atoms with van der Waals surface area (Å²) in [6.45, 7) is 0.263. The van der Waals surface area contributed by atoms with Crippen LogP contribution in [0.2, 0.25) is 0 Å². The smallest absolute Gasteiger partial charge is 0.229 e. The van der Waals surface area contributed by atoms with E-state index in [0.717, 1.165) is 0 Å². The highest BCUT2D eigenvalue weighted by atomic mass is 16.5. The molecule has 1 heterocycles. The molecule has 3 rings (SSSR count). The standard InChI is InChI=1S/C19H17N3O3/c1-25-16-8-6-15(7-9-16)21-19(24)14-10-18(23)22(12-14)17-5-3-2-4-13(17)11-20/h2-9,14H,10,12H2,1H3,(H,21,24). The number of nitrogens with one attached hydrogen (secondary N) is 1. The molecular weight excluding hydrogens is 318 g/mol. The van der Waals surface area contributed by atoms with Crippen LogP contribution in [-0.2, 0) is 9.59 Å². The molecule has 1 aliphatic rings. The highest BCUT2D eigenvalue weighted by Crippen LogP contribution is 2.28. The molecule has 6 nitrogen and oxygen atoms in total. The second-order valence-corrected chi connectivity index (χ2v) is 5.75. The van der Waals surface area contributed by atoms with E-state index in [1.165, 1.54) is 4.90 Å². The summed E-state index contributed by atoms with van der Waals surface area (Å²) < 4.78 is 5.08.